The first-order valence-electron chi connectivity index (χ1n) is 4.90. The van der Waals surface area contributed by atoms with Gasteiger partial charge in [-0.15, -0.1) is 0 Å². The highest BCUT2D eigenvalue weighted by Gasteiger charge is 2.17. The molecular formula is C10H14N2O. The van der Waals surface area contributed by atoms with E-state index >= 15 is 0 Å². The van der Waals surface area contributed by atoms with Crippen molar-refractivity contribution >= 4 is 6.29 Å². The highest BCUT2D eigenvalue weighted by molar-refractivity contribution is 5.68. The van der Waals surface area contributed by atoms with Gasteiger partial charge in [0.25, 0.3) is 0 Å². The molecule has 1 aromatic heterocycles. The van der Waals surface area contributed by atoms with Crippen molar-refractivity contribution in [1.29, 1.82) is 0 Å². The number of carbonyl (C=O) groups excluding carboxylic acids is 1. The van der Waals surface area contributed by atoms with Crippen LogP contribution in [-0.4, -0.2) is 16.3 Å². The Labute approximate surface area is 77.6 Å². The minimum Gasteiger partial charge on any atom is -0.342 e. The summed E-state index contributed by atoms with van der Waals surface area (Å²) in [6.07, 6.45) is 9.04. The average Bonchev–Trinajstić information content (AvgIpc) is 2.67. The van der Waals surface area contributed by atoms with Crippen LogP contribution in [0.2, 0.25) is 0 Å². The molecule has 3 nitrogen and oxygen atoms in total. The van der Waals surface area contributed by atoms with Crippen molar-refractivity contribution in [3.05, 3.63) is 17.7 Å². The van der Waals surface area contributed by atoms with E-state index in [1.807, 2.05) is 6.20 Å². The third kappa shape index (κ3) is 1.79. The fourth-order valence-electron chi connectivity index (χ4n) is 2.02. The number of aromatic nitrogens is 2. The predicted molar refractivity (Wildman–Crippen MR) is 49.8 cm³/mol. The average molecular weight is 178 g/mol. The van der Waals surface area contributed by atoms with Crippen LogP contribution in [0, 0.1) is 0 Å². The second-order valence-corrected chi connectivity index (χ2v) is 3.66. The zero-order chi connectivity index (χ0) is 9.10. The van der Waals surface area contributed by atoms with Crippen LogP contribution >= 0.6 is 0 Å². The van der Waals surface area contributed by atoms with Gasteiger partial charge in [0.05, 0.1) is 5.69 Å². The van der Waals surface area contributed by atoms with Gasteiger partial charge in [0.1, 0.15) is 0 Å². The molecule has 0 atom stereocenters. The minimum absolute atomic E-state index is 0.459. The van der Waals surface area contributed by atoms with Crippen molar-refractivity contribution in [2.24, 2.45) is 0 Å². The number of carbonyl (C=O) groups is 1. The van der Waals surface area contributed by atoms with Crippen molar-refractivity contribution in [3.63, 3.8) is 0 Å². The zero-order valence-corrected chi connectivity index (χ0v) is 7.62. The van der Waals surface area contributed by atoms with Crippen LogP contribution < -0.4 is 0 Å². The Hall–Kier alpha value is -1.12. The fraction of sp³-hybridized carbons (Fsp3) is 0.600. The molecule has 1 aliphatic rings. The molecular weight excluding hydrogens is 164 g/mol. The molecule has 0 amide bonds. The van der Waals surface area contributed by atoms with Crippen molar-refractivity contribution in [2.75, 3.05) is 0 Å². The van der Waals surface area contributed by atoms with E-state index in [2.05, 4.69) is 9.97 Å². The van der Waals surface area contributed by atoms with Crippen LogP contribution in [0.4, 0.5) is 0 Å². The van der Waals surface area contributed by atoms with Crippen LogP contribution in [0.5, 0.6) is 0 Å². The van der Waals surface area contributed by atoms with E-state index in [4.69, 9.17) is 0 Å². The van der Waals surface area contributed by atoms with Gasteiger partial charge in [0.2, 0.25) is 0 Å². The maximum absolute atomic E-state index is 10.4. The summed E-state index contributed by atoms with van der Waals surface area (Å²) in [5.74, 6) is 1.04. The number of aldehydes is 1. The summed E-state index contributed by atoms with van der Waals surface area (Å²) in [4.78, 5) is 17.5. The molecule has 70 valence electrons. The Morgan fingerprint density at radius 1 is 1.38 bits per heavy atom. The maximum atomic E-state index is 10.4. The molecule has 1 N–H and O–H groups in total. The number of H-pyrrole nitrogens is 1. The van der Waals surface area contributed by atoms with Crippen molar-refractivity contribution in [3.8, 4) is 0 Å². The lowest BCUT2D eigenvalue weighted by molar-refractivity contribution is 0.111. The van der Waals surface area contributed by atoms with Gasteiger partial charge in [-0.1, -0.05) is 19.3 Å². The largest absolute Gasteiger partial charge is 0.342 e. The lowest BCUT2D eigenvalue weighted by atomic mass is 9.87. The van der Waals surface area contributed by atoms with Gasteiger partial charge in [-0.25, -0.2) is 4.98 Å². The molecule has 0 saturated heterocycles. The summed E-state index contributed by atoms with van der Waals surface area (Å²) in [5.41, 5.74) is 1.07. The fourth-order valence-corrected chi connectivity index (χ4v) is 2.02. The van der Waals surface area contributed by atoms with Gasteiger partial charge in [-0.2, -0.15) is 0 Å². The number of imidazole rings is 1. The zero-order valence-electron chi connectivity index (χ0n) is 7.62. The van der Waals surface area contributed by atoms with Gasteiger partial charge in [0.15, 0.2) is 12.1 Å². The summed E-state index contributed by atoms with van der Waals surface area (Å²) in [6, 6.07) is 0. The lowest BCUT2D eigenvalue weighted by Gasteiger charge is -2.19. The molecule has 0 unspecified atom stereocenters. The molecule has 1 aliphatic carbocycles. The first kappa shape index (κ1) is 8.48. The number of nitrogens with zero attached hydrogens (tertiary/aromatic N) is 1. The van der Waals surface area contributed by atoms with Crippen molar-refractivity contribution < 1.29 is 4.79 Å². The first-order chi connectivity index (χ1) is 6.40. The third-order valence-corrected chi connectivity index (χ3v) is 2.75. The maximum Gasteiger partial charge on any atom is 0.185 e. The molecule has 0 radical (unpaired) electrons. The Kier molecular flexibility index (Phi) is 2.43. The molecule has 0 aliphatic heterocycles. The van der Waals surface area contributed by atoms with Crippen LogP contribution in [0.3, 0.4) is 0 Å². The van der Waals surface area contributed by atoms with E-state index in [-0.39, 0.29) is 0 Å². The normalized spacial score (nSPS) is 18.8. The monoisotopic (exact) mass is 178 g/mol. The smallest absolute Gasteiger partial charge is 0.185 e. The summed E-state index contributed by atoms with van der Waals surface area (Å²) >= 11 is 0. The second kappa shape index (κ2) is 3.73. The summed E-state index contributed by atoms with van der Waals surface area (Å²) < 4.78 is 0. The van der Waals surface area contributed by atoms with Gasteiger partial charge >= 0.3 is 0 Å². The Bertz CT molecular complexity index is 287. The molecule has 0 aromatic carbocycles. The lowest BCUT2D eigenvalue weighted by Crippen LogP contribution is -2.04. The van der Waals surface area contributed by atoms with Crippen molar-refractivity contribution in [1.82, 2.24) is 9.97 Å². The second-order valence-electron chi connectivity index (χ2n) is 3.66. The van der Waals surface area contributed by atoms with E-state index in [1.165, 1.54) is 32.1 Å². The molecule has 1 aromatic rings. The Balaban J connectivity index is 2.09. The molecule has 0 bridgehead atoms. The summed E-state index contributed by atoms with van der Waals surface area (Å²) in [7, 11) is 0. The molecule has 1 fully saturated rings. The first-order valence-corrected chi connectivity index (χ1v) is 4.90. The molecule has 0 spiro atoms. The third-order valence-electron chi connectivity index (χ3n) is 2.75. The van der Waals surface area contributed by atoms with Gasteiger partial charge < -0.3 is 4.98 Å². The summed E-state index contributed by atoms with van der Waals surface area (Å²) in [6.45, 7) is 0. The van der Waals surface area contributed by atoms with Gasteiger partial charge in [-0.05, 0) is 12.8 Å². The molecule has 1 heterocycles. The molecule has 2 rings (SSSR count). The van der Waals surface area contributed by atoms with E-state index < -0.39 is 0 Å². The highest BCUT2D eigenvalue weighted by atomic mass is 16.1. The Morgan fingerprint density at radius 2 is 2.15 bits per heavy atom. The van der Waals surface area contributed by atoms with E-state index in [9.17, 15) is 4.79 Å². The van der Waals surface area contributed by atoms with Crippen LogP contribution in [0.25, 0.3) is 0 Å². The van der Waals surface area contributed by atoms with E-state index in [0.717, 1.165) is 12.0 Å². The summed E-state index contributed by atoms with van der Waals surface area (Å²) in [5, 5.41) is 0. The number of nitrogens with one attached hydrogen (secondary N) is 1. The van der Waals surface area contributed by atoms with E-state index in [1.54, 1.807) is 0 Å². The van der Waals surface area contributed by atoms with E-state index in [0.29, 0.717) is 11.7 Å². The van der Waals surface area contributed by atoms with Gasteiger partial charge in [0, 0.05) is 12.1 Å². The predicted octanol–water partition coefficient (Wildman–Crippen LogP) is 2.27. The number of hydrogen-bond donors (Lipinski definition) is 1. The molecule has 3 heteroatoms. The minimum atomic E-state index is 0.459. The molecule has 13 heavy (non-hydrogen) atoms. The van der Waals surface area contributed by atoms with Crippen LogP contribution in [0.15, 0.2) is 6.20 Å². The molecule has 1 saturated carbocycles. The topological polar surface area (TPSA) is 45.8 Å². The number of aromatic amines is 1. The van der Waals surface area contributed by atoms with Crippen molar-refractivity contribution in [2.45, 2.75) is 38.0 Å². The number of rotatable bonds is 2. The highest BCUT2D eigenvalue weighted by Crippen LogP contribution is 2.31. The number of hydrogen-bond acceptors (Lipinski definition) is 2. The van der Waals surface area contributed by atoms with Crippen LogP contribution in [-0.2, 0) is 0 Å². The van der Waals surface area contributed by atoms with Crippen LogP contribution in [0.1, 0.15) is 54.3 Å². The van der Waals surface area contributed by atoms with Gasteiger partial charge in [-0.3, -0.25) is 4.79 Å². The quantitative estimate of drug-likeness (QED) is 0.706. The SMILES string of the molecule is O=Cc1nc(C2CCCCC2)c[nH]1. The Morgan fingerprint density at radius 3 is 2.77 bits per heavy atom. The standard InChI is InChI=1S/C10H14N2O/c13-7-10-11-6-9(12-10)8-4-2-1-3-5-8/h6-8H,1-5H2,(H,11,12).